The first-order chi connectivity index (χ1) is 15.8. The second kappa shape index (κ2) is 9.64. The molecule has 3 aromatic carbocycles. The Balaban J connectivity index is 1.76. The van der Waals surface area contributed by atoms with Gasteiger partial charge in [-0.05, 0) is 13.0 Å². The number of fused-ring (bicyclic) bond motifs is 1. The number of benzene rings is 3. The van der Waals surface area contributed by atoms with Gasteiger partial charge in [-0.25, -0.2) is 4.79 Å². The van der Waals surface area contributed by atoms with Crippen molar-refractivity contribution in [2.45, 2.75) is 22.5 Å². The Kier molecular flexibility index (Phi) is 6.84. The first-order valence-electron chi connectivity index (χ1n) is 10.2. The number of alkyl carbamates (subject to hydrolysis) is 1. The smallest absolute Gasteiger partial charge is 0.410 e. The average Bonchev–Trinajstić information content (AvgIpc) is 3.08. The van der Waals surface area contributed by atoms with E-state index in [0.29, 0.717) is 5.75 Å². The molecule has 0 aliphatic carbocycles. The van der Waals surface area contributed by atoms with Gasteiger partial charge in [0.15, 0.2) is 0 Å². The van der Waals surface area contributed by atoms with Crippen LogP contribution < -0.4 is 10.1 Å². The van der Waals surface area contributed by atoms with Gasteiger partial charge >= 0.3 is 6.09 Å². The molecule has 0 saturated heterocycles. The minimum absolute atomic E-state index is 0.400. The lowest BCUT2D eigenvalue weighted by Gasteiger charge is -2.28. The molecule has 0 spiro atoms. The Bertz CT molecular complexity index is 1110. The predicted octanol–water partition coefficient (Wildman–Crippen LogP) is 6.25. The molecule has 5 nitrogen and oxygen atoms in total. The number of halogens is 3. The predicted molar refractivity (Wildman–Crippen MR) is 132 cm³/mol. The van der Waals surface area contributed by atoms with Gasteiger partial charge < -0.3 is 9.47 Å². The summed E-state index contributed by atoms with van der Waals surface area (Å²) >= 11 is 17.1. The molecular weight excluding hydrogens is 483 g/mol. The highest BCUT2D eigenvalue weighted by Gasteiger charge is 2.47. The molecule has 1 amide bonds. The second-order valence-corrected chi connectivity index (χ2v) is 10.2. The van der Waals surface area contributed by atoms with Crippen LogP contribution in [0.4, 0.5) is 4.79 Å². The Hall–Kier alpha value is -2.73. The van der Waals surface area contributed by atoms with Crippen LogP contribution in [0.25, 0.3) is 0 Å². The van der Waals surface area contributed by atoms with Gasteiger partial charge in [0.2, 0.25) is 10.0 Å². The lowest BCUT2D eigenvalue weighted by Crippen LogP contribution is -2.49. The summed E-state index contributed by atoms with van der Waals surface area (Å²) in [6.45, 7) is 1.51. The third-order valence-electron chi connectivity index (χ3n) is 5.24. The van der Waals surface area contributed by atoms with Crippen molar-refractivity contribution >= 4 is 46.6 Å². The van der Waals surface area contributed by atoms with E-state index in [0.717, 1.165) is 22.4 Å². The zero-order valence-corrected chi connectivity index (χ0v) is 19.9. The van der Waals surface area contributed by atoms with E-state index < -0.39 is 28.3 Å². The molecule has 1 heterocycles. The van der Waals surface area contributed by atoms with Crippen LogP contribution in [-0.4, -0.2) is 28.4 Å². The van der Waals surface area contributed by atoms with E-state index in [2.05, 4.69) is 5.32 Å². The van der Waals surface area contributed by atoms with Crippen LogP contribution in [0.2, 0.25) is 0 Å². The Morgan fingerprint density at radius 1 is 0.970 bits per heavy atom. The van der Waals surface area contributed by atoms with Crippen LogP contribution in [0.3, 0.4) is 0 Å². The van der Waals surface area contributed by atoms with Gasteiger partial charge in [-0.3, -0.25) is 10.3 Å². The second-order valence-electron chi connectivity index (χ2n) is 7.67. The van der Waals surface area contributed by atoms with Crippen LogP contribution in [0.15, 0.2) is 89.9 Å². The molecular formula is C25H21Cl3N2O3. The first-order valence-corrected chi connectivity index (χ1v) is 11.4. The minimum atomic E-state index is -1.72. The molecule has 4 rings (SSSR count). The maximum atomic E-state index is 12.5. The quantitative estimate of drug-likeness (QED) is 0.330. The molecule has 0 aromatic heterocycles. The summed E-state index contributed by atoms with van der Waals surface area (Å²) in [4.78, 5) is 17.6. The van der Waals surface area contributed by atoms with E-state index in [1.54, 1.807) is 0 Å². The van der Waals surface area contributed by atoms with Gasteiger partial charge in [0.25, 0.3) is 0 Å². The Morgan fingerprint density at radius 2 is 1.52 bits per heavy atom. The molecule has 1 aliphatic rings. The SMILES string of the molecule is C[C@@]1(N=C(c2ccccc2)c2ccccc2)c2ccccc2O[C@H]1NC(=O)OCC(Cl)(Cl)Cl. The van der Waals surface area contributed by atoms with Crippen molar-refractivity contribution in [2.75, 3.05) is 6.61 Å². The van der Waals surface area contributed by atoms with Crippen molar-refractivity contribution in [3.05, 3.63) is 102 Å². The number of nitrogens with one attached hydrogen (secondary N) is 1. The summed E-state index contributed by atoms with van der Waals surface area (Å²) in [5.41, 5.74) is 2.51. The number of hydrogen-bond donors (Lipinski definition) is 1. The van der Waals surface area contributed by atoms with E-state index in [4.69, 9.17) is 49.3 Å². The third-order valence-corrected chi connectivity index (χ3v) is 5.57. The van der Waals surface area contributed by atoms with Gasteiger partial charge in [-0.2, -0.15) is 0 Å². The standard InChI is InChI=1S/C25H21Cl3N2O3/c1-24(30-21(17-10-4-2-5-11-17)18-12-6-3-7-13-18)19-14-8-9-15-20(19)33-22(24)29-23(31)32-16-25(26,27)28/h2-15,22H,16H2,1H3,(H,29,31)/t22-,24-/m1/s1. The van der Waals surface area contributed by atoms with Crippen molar-refractivity contribution in [3.63, 3.8) is 0 Å². The molecule has 3 aromatic rings. The summed E-state index contributed by atoms with van der Waals surface area (Å²) in [6.07, 6.45) is -1.62. The molecule has 0 unspecified atom stereocenters. The van der Waals surface area contributed by atoms with Crippen LogP contribution in [0, 0.1) is 0 Å². The topological polar surface area (TPSA) is 59.9 Å². The monoisotopic (exact) mass is 502 g/mol. The number of hydrogen-bond acceptors (Lipinski definition) is 4. The fraction of sp³-hybridized carbons (Fsp3) is 0.200. The summed E-state index contributed by atoms with van der Waals surface area (Å²) in [6, 6.07) is 27.2. The van der Waals surface area contributed by atoms with Crippen LogP contribution in [-0.2, 0) is 10.3 Å². The molecule has 0 bridgehead atoms. The molecule has 0 radical (unpaired) electrons. The van der Waals surface area contributed by atoms with E-state index in [1.807, 2.05) is 91.9 Å². The van der Waals surface area contributed by atoms with Gasteiger partial charge in [0, 0.05) is 16.7 Å². The Labute approximate surface area is 207 Å². The number of carbonyl (C=O) groups is 1. The number of ether oxygens (including phenoxy) is 2. The van der Waals surface area contributed by atoms with Crippen molar-refractivity contribution in [2.24, 2.45) is 4.99 Å². The lowest BCUT2D eigenvalue weighted by atomic mass is 9.91. The molecule has 1 aliphatic heterocycles. The molecule has 1 N–H and O–H groups in total. The number of para-hydroxylation sites is 1. The van der Waals surface area contributed by atoms with Crippen LogP contribution >= 0.6 is 34.8 Å². The van der Waals surface area contributed by atoms with Crippen molar-refractivity contribution < 1.29 is 14.3 Å². The minimum Gasteiger partial charge on any atom is -0.467 e. The highest BCUT2D eigenvalue weighted by molar-refractivity contribution is 6.67. The fourth-order valence-corrected chi connectivity index (χ4v) is 3.84. The summed E-state index contributed by atoms with van der Waals surface area (Å²) in [5, 5.41) is 2.73. The molecule has 33 heavy (non-hydrogen) atoms. The van der Waals surface area contributed by atoms with E-state index >= 15 is 0 Å². The van der Waals surface area contributed by atoms with Gasteiger partial charge in [-0.15, -0.1) is 0 Å². The van der Waals surface area contributed by atoms with Crippen molar-refractivity contribution in [1.29, 1.82) is 0 Å². The number of aliphatic imine (C=N–C) groups is 1. The zero-order valence-electron chi connectivity index (χ0n) is 17.7. The van der Waals surface area contributed by atoms with Crippen LogP contribution in [0.1, 0.15) is 23.6 Å². The van der Waals surface area contributed by atoms with Gasteiger partial charge in [0.1, 0.15) is 17.9 Å². The molecule has 170 valence electrons. The maximum absolute atomic E-state index is 12.5. The number of carbonyl (C=O) groups excluding carboxylic acids is 1. The Morgan fingerprint density at radius 3 is 2.09 bits per heavy atom. The number of nitrogens with zero attached hydrogens (tertiary/aromatic N) is 1. The van der Waals surface area contributed by atoms with E-state index in [-0.39, 0.29) is 0 Å². The highest BCUT2D eigenvalue weighted by atomic mass is 35.6. The zero-order chi connectivity index (χ0) is 23.5. The van der Waals surface area contributed by atoms with E-state index in [1.165, 1.54) is 0 Å². The molecule has 8 heteroatoms. The number of amides is 1. The van der Waals surface area contributed by atoms with Gasteiger partial charge in [-0.1, -0.05) is 114 Å². The highest BCUT2D eigenvalue weighted by Crippen LogP contribution is 2.43. The third kappa shape index (κ3) is 5.44. The average molecular weight is 504 g/mol. The fourth-order valence-electron chi connectivity index (χ4n) is 3.68. The summed E-state index contributed by atoms with van der Waals surface area (Å²) in [7, 11) is 0. The largest absolute Gasteiger partial charge is 0.467 e. The molecule has 0 saturated carbocycles. The number of alkyl halides is 3. The maximum Gasteiger partial charge on any atom is 0.410 e. The van der Waals surface area contributed by atoms with Crippen molar-refractivity contribution in [3.8, 4) is 5.75 Å². The molecule has 2 atom stereocenters. The van der Waals surface area contributed by atoms with Gasteiger partial charge in [0.05, 0.1) is 5.71 Å². The summed E-state index contributed by atoms with van der Waals surface area (Å²) in [5.74, 6) is 0.621. The normalized spacial score (nSPS) is 19.2. The number of rotatable bonds is 5. The lowest BCUT2D eigenvalue weighted by molar-refractivity contribution is 0.0925. The van der Waals surface area contributed by atoms with E-state index in [9.17, 15) is 4.79 Å². The van der Waals surface area contributed by atoms with Crippen molar-refractivity contribution in [1.82, 2.24) is 5.32 Å². The summed E-state index contributed by atoms with van der Waals surface area (Å²) < 4.78 is 9.42. The van der Waals surface area contributed by atoms with Crippen LogP contribution in [0.5, 0.6) is 5.75 Å². The first kappa shape index (κ1) is 23.4. The molecule has 0 fully saturated rings.